The summed E-state index contributed by atoms with van der Waals surface area (Å²) in [6.45, 7) is 7.85. The summed E-state index contributed by atoms with van der Waals surface area (Å²) in [6.07, 6.45) is 6.04. The Balaban J connectivity index is 1.56. The van der Waals surface area contributed by atoms with Crippen LogP contribution in [0.15, 0.2) is 46.3 Å². The SMILES string of the molecule is CCNC1(CN)CCN(C2=CC=NC3C(C)C(c4ccccc4Cl)=NN23)CC1. The predicted molar refractivity (Wildman–Crippen MR) is 116 cm³/mol. The first-order valence-electron chi connectivity index (χ1n) is 10.1. The van der Waals surface area contributed by atoms with Crippen LogP contribution < -0.4 is 11.1 Å². The first kappa shape index (κ1) is 19.4. The molecule has 0 bridgehead atoms. The summed E-state index contributed by atoms with van der Waals surface area (Å²) in [5, 5.41) is 11.4. The summed E-state index contributed by atoms with van der Waals surface area (Å²) in [5.74, 6) is 1.30. The molecule has 1 aromatic rings. The number of allylic oxidation sites excluding steroid dienone is 1. The van der Waals surface area contributed by atoms with Crippen LogP contribution in [0.4, 0.5) is 0 Å². The molecule has 0 aliphatic carbocycles. The molecule has 6 nitrogen and oxygen atoms in total. The van der Waals surface area contributed by atoms with Gasteiger partial charge in [-0.2, -0.15) is 5.10 Å². The lowest BCUT2D eigenvalue weighted by Gasteiger charge is -2.45. The second-order valence-electron chi connectivity index (χ2n) is 7.84. The van der Waals surface area contributed by atoms with Crippen molar-refractivity contribution in [2.24, 2.45) is 21.7 Å². The van der Waals surface area contributed by atoms with Crippen molar-refractivity contribution in [2.45, 2.75) is 38.4 Å². The molecule has 150 valence electrons. The molecule has 7 heteroatoms. The Morgan fingerprint density at radius 2 is 2.04 bits per heavy atom. The second kappa shape index (κ2) is 7.85. The minimum absolute atomic E-state index is 0.0127. The highest BCUT2D eigenvalue weighted by molar-refractivity contribution is 6.34. The Kier molecular flexibility index (Phi) is 5.45. The molecule has 0 amide bonds. The summed E-state index contributed by atoms with van der Waals surface area (Å²) in [6, 6.07) is 7.91. The van der Waals surface area contributed by atoms with Crippen molar-refractivity contribution in [1.29, 1.82) is 0 Å². The number of likely N-dealkylation sites (tertiary alicyclic amines) is 1. The largest absolute Gasteiger partial charge is 0.357 e. The smallest absolute Gasteiger partial charge is 0.151 e. The fourth-order valence-corrected chi connectivity index (χ4v) is 4.72. The lowest BCUT2D eigenvalue weighted by atomic mass is 9.87. The predicted octanol–water partition coefficient (Wildman–Crippen LogP) is 2.65. The van der Waals surface area contributed by atoms with Gasteiger partial charge >= 0.3 is 0 Å². The third-order valence-electron chi connectivity index (χ3n) is 6.18. The van der Waals surface area contributed by atoms with Gasteiger partial charge in [0.2, 0.25) is 0 Å². The summed E-state index contributed by atoms with van der Waals surface area (Å²) >= 11 is 6.45. The third-order valence-corrected chi connectivity index (χ3v) is 6.51. The molecule has 1 fully saturated rings. The van der Waals surface area contributed by atoms with Gasteiger partial charge in [-0.1, -0.05) is 43.6 Å². The molecule has 3 aliphatic rings. The van der Waals surface area contributed by atoms with Crippen molar-refractivity contribution in [1.82, 2.24) is 15.2 Å². The number of hydrazone groups is 1. The van der Waals surface area contributed by atoms with Crippen molar-refractivity contribution in [3.8, 4) is 0 Å². The Morgan fingerprint density at radius 1 is 1.29 bits per heavy atom. The summed E-state index contributed by atoms with van der Waals surface area (Å²) < 4.78 is 0. The average molecular weight is 401 g/mol. The van der Waals surface area contributed by atoms with Gasteiger partial charge in [0.1, 0.15) is 5.82 Å². The molecule has 3 heterocycles. The monoisotopic (exact) mass is 400 g/mol. The molecule has 0 radical (unpaired) electrons. The van der Waals surface area contributed by atoms with E-state index in [1.54, 1.807) is 0 Å². The Labute approximate surface area is 172 Å². The van der Waals surface area contributed by atoms with Crippen LogP contribution in [-0.2, 0) is 0 Å². The van der Waals surface area contributed by atoms with Crippen LogP contribution >= 0.6 is 11.6 Å². The minimum atomic E-state index is -0.0127. The van der Waals surface area contributed by atoms with Crippen molar-refractivity contribution in [3.05, 3.63) is 46.7 Å². The number of piperidine rings is 1. The number of nitrogens with two attached hydrogens (primary N) is 1. The second-order valence-corrected chi connectivity index (χ2v) is 8.24. The zero-order chi connectivity index (χ0) is 19.7. The van der Waals surface area contributed by atoms with E-state index in [2.05, 4.69) is 35.1 Å². The molecule has 0 aromatic heterocycles. The van der Waals surface area contributed by atoms with Gasteiger partial charge in [0.05, 0.1) is 5.71 Å². The molecule has 0 saturated carbocycles. The normalized spacial score (nSPS) is 26.1. The fourth-order valence-electron chi connectivity index (χ4n) is 4.48. The van der Waals surface area contributed by atoms with Crippen LogP contribution in [0.3, 0.4) is 0 Å². The lowest BCUT2D eigenvalue weighted by Crippen LogP contribution is -2.58. The van der Waals surface area contributed by atoms with Gasteiger partial charge in [-0.15, -0.1) is 0 Å². The topological polar surface area (TPSA) is 69.2 Å². The maximum absolute atomic E-state index is 6.45. The minimum Gasteiger partial charge on any atom is -0.357 e. The van der Waals surface area contributed by atoms with Gasteiger partial charge in [-0.3, -0.25) is 4.99 Å². The molecular weight excluding hydrogens is 372 g/mol. The highest BCUT2D eigenvalue weighted by atomic mass is 35.5. The van der Waals surface area contributed by atoms with Gasteiger partial charge in [-0.25, -0.2) is 5.01 Å². The van der Waals surface area contributed by atoms with Crippen LogP contribution in [0, 0.1) is 5.92 Å². The molecule has 28 heavy (non-hydrogen) atoms. The van der Waals surface area contributed by atoms with Crippen molar-refractivity contribution in [3.63, 3.8) is 0 Å². The zero-order valence-electron chi connectivity index (χ0n) is 16.6. The van der Waals surface area contributed by atoms with Gasteiger partial charge in [0.25, 0.3) is 0 Å². The zero-order valence-corrected chi connectivity index (χ0v) is 17.4. The van der Waals surface area contributed by atoms with E-state index in [9.17, 15) is 0 Å². The highest BCUT2D eigenvalue weighted by Crippen LogP contribution is 2.35. The third kappa shape index (κ3) is 3.34. The lowest BCUT2D eigenvalue weighted by molar-refractivity contribution is 0.113. The molecule has 2 atom stereocenters. The number of likely N-dealkylation sites (N-methyl/N-ethyl adjacent to an activating group) is 1. The van der Waals surface area contributed by atoms with Crippen molar-refractivity contribution < 1.29 is 0 Å². The number of benzene rings is 1. The maximum Gasteiger partial charge on any atom is 0.151 e. The van der Waals surface area contributed by atoms with Crippen molar-refractivity contribution >= 4 is 23.5 Å². The van der Waals surface area contributed by atoms with Gasteiger partial charge in [0.15, 0.2) is 6.17 Å². The molecule has 3 N–H and O–H groups in total. The van der Waals surface area contributed by atoms with E-state index in [0.29, 0.717) is 6.54 Å². The van der Waals surface area contributed by atoms with Crippen LogP contribution in [-0.4, -0.2) is 59.7 Å². The first-order valence-corrected chi connectivity index (χ1v) is 10.5. The first-order chi connectivity index (χ1) is 13.6. The average Bonchev–Trinajstić information content (AvgIpc) is 3.06. The van der Waals surface area contributed by atoms with Crippen LogP contribution in [0.25, 0.3) is 0 Å². The summed E-state index contributed by atoms with van der Waals surface area (Å²) in [7, 11) is 0. The number of aliphatic imine (C=N–C) groups is 1. The number of rotatable bonds is 5. The van der Waals surface area contributed by atoms with Gasteiger partial charge in [-0.05, 0) is 31.5 Å². The van der Waals surface area contributed by atoms with E-state index in [0.717, 1.165) is 54.6 Å². The van der Waals surface area contributed by atoms with Crippen LogP contribution in [0.2, 0.25) is 5.02 Å². The number of hydrogen-bond acceptors (Lipinski definition) is 6. The van der Waals surface area contributed by atoms with Crippen LogP contribution in [0.5, 0.6) is 0 Å². The molecule has 1 saturated heterocycles. The highest BCUT2D eigenvalue weighted by Gasteiger charge is 2.41. The van der Waals surface area contributed by atoms with E-state index >= 15 is 0 Å². The number of nitrogens with one attached hydrogen (secondary N) is 1. The number of halogens is 1. The summed E-state index contributed by atoms with van der Waals surface area (Å²) in [5.41, 5.74) is 8.14. The fraction of sp³-hybridized carbons (Fsp3) is 0.524. The van der Waals surface area contributed by atoms with E-state index in [1.807, 2.05) is 30.5 Å². The van der Waals surface area contributed by atoms with Crippen molar-refractivity contribution in [2.75, 3.05) is 26.2 Å². The number of nitrogens with zero attached hydrogens (tertiary/aromatic N) is 4. The van der Waals surface area contributed by atoms with E-state index in [1.165, 1.54) is 0 Å². The van der Waals surface area contributed by atoms with E-state index in [4.69, 9.17) is 27.4 Å². The standard InChI is InChI=1S/C21H29ClN6/c1-3-25-21(14-23)9-12-27(13-10-21)18-8-11-24-20-15(2)19(26-28(18)20)16-6-4-5-7-17(16)22/h4-8,11,15,20,25H,3,9-10,12-14,23H2,1-2H3. The molecule has 2 unspecified atom stereocenters. The van der Waals surface area contributed by atoms with E-state index < -0.39 is 0 Å². The molecule has 1 aromatic carbocycles. The Bertz CT molecular complexity index is 809. The van der Waals surface area contributed by atoms with Crippen LogP contribution in [0.1, 0.15) is 32.3 Å². The maximum atomic E-state index is 6.45. The molecule has 0 spiro atoms. The van der Waals surface area contributed by atoms with Gasteiger partial charge < -0.3 is 16.0 Å². The molecular formula is C21H29ClN6. The number of hydrogen-bond donors (Lipinski definition) is 2. The number of fused-ring (bicyclic) bond motifs is 1. The Hall–Kier alpha value is -1.89. The molecule has 3 aliphatic heterocycles. The Morgan fingerprint density at radius 3 is 2.71 bits per heavy atom. The van der Waals surface area contributed by atoms with E-state index in [-0.39, 0.29) is 17.6 Å². The van der Waals surface area contributed by atoms with Gasteiger partial charge in [0, 0.05) is 47.9 Å². The quantitative estimate of drug-likeness (QED) is 0.797. The molecule has 4 rings (SSSR count). The summed E-state index contributed by atoms with van der Waals surface area (Å²) in [4.78, 5) is 7.12.